The van der Waals surface area contributed by atoms with Crippen molar-refractivity contribution in [2.24, 2.45) is 4.99 Å². The molecular formula is C21H17ClN4OS. The number of hydrogen-bond donors (Lipinski definition) is 2. The van der Waals surface area contributed by atoms with E-state index in [1.807, 2.05) is 62.4 Å². The molecule has 0 bridgehead atoms. The molecule has 5 nitrogen and oxygen atoms in total. The first-order valence-electron chi connectivity index (χ1n) is 8.66. The number of amidine groups is 1. The minimum absolute atomic E-state index is 0.168. The average molecular weight is 409 g/mol. The second-order valence-corrected chi connectivity index (χ2v) is 7.90. The topological polar surface area (TPSA) is 70.1 Å². The monoisotopic (exact) mass is 408 g/mol. The number of carbonyl (C=O) groups excluding carboxylic acids is 1. The zero-order valence-corrected chi connectivity index (χ0v) is 16.9. The number of nitrogens with one attached hydrogen (secondary N) is 2. The summed E-state index contributed by atoms with van der Waals surface area (Å²) >= 11 is 7.29. The number of amides is 1. The van der Waals surface area contributed by atoms with Crippen molar-refractivity contribution in [1.82, 2.24) is 15.5 Å². The lowest BCUT2D eigenvalue weighted by atomic mass is 10.1. The van der Waals surface area contributed by atoms with E-state index in [1.54, 1.807) is 6.20 Å². The summed E-state index contributed by atoms with van der Waals surface area (Å²) in [5, 5.41) is 11.2. The van der Waals surface area contributed by atoms with Crippen molar-refractivity contribution in [3.8, 4) is 11.3 Å². The molecule has 140 valence electrons. The highest BCUT2D eigenvalue weighted by atomic mass is 35.5. The van der Waals surface area contributed by atoms with E-state index in [-0.39, 0.29) is 5.91 Å². The van der Waals surface area contributed by atoms with Crippen LogP contribution in [0, 0.1) is 13.8 Å². The first-order chi connectivity index (χ1) is 13.5. The fourth-order valence-electron chi connectivity index (χ4n) is 2.96. The Hall–Kier alpha value is -2.83. The van der Waals surface area contributed by atoms with Gasteiger partial charge in [0.1, 0.15) is 0 Å². The molecule has 0 atom stereocenters. The van der Waals surface area contributed by atoms with Crippen LogP contribution in [0.15, 0.2) is 58.6 Å². The third-order valence-electron chi connectivity index (χ3n) is 4.39. The van der Waals surface area contributed by atoms with E-state index in [0.29, 0.717) is 15.1 Å². The van der Waals surface area contributed by atoms with Crippen LogP contribution in [0.4, 0.5) is 5.69 Å². The number of rotatable bonds is 3. The lowest BCUT2D eigenvalue weighted by Crippen LogP contribution is -2.19. The fourth-order valence-corrected chi connectivity index (χ4v) is 3.90. The van der Waals surface area contributed by atoms with Gasteiger partial charge < -0.3 is 5.32 Å². The maximum absolute atomic E-state index is 12.4. The molecule has 1 aromatic heterocycles. The first-order valence-corrected chi connectivity index (χ1v) is 9.86. The Morgan fingerprint density at radius 3 is 2.54 bits per heavy atom. The van der Waals surface area contributed by atoms with Crippen LogP contribution in [-0.2, 0) is 4.79 Å². The normalized spacial score (nSPS) is 16.8. The second kappa shape index (κ2) is 7.66. The number of aryl methyl sites for hydroxylation is 2. The predicted octanol–water partition coefficient (Wildman–Crippen LogP) is 5.24. The Kier molecular flexibility index (Phi) is 5.07. The molecule has 28 heavy (non-hydrogen) atoms. The van der Waals surface area contributed by atoms with Gasteiger partial charge in [-0.15, -0.1) is 0 Å². The molecule has 2 heterocycles. The van der Waals surface area contributed by atoms with Gasteiger partial charge in [0.25, 0.3) is 5.91 Å². The van der Waals surface area contributed by atoms with Gasteiger partial charge >= 0.3 is 0 Å². The smallest absolute Gasteiger partial charge is 0.264 e. The zero-order valence-electron chi connectivity index (χ0n) is 15.3. The largest absolute Gasteiger partial charge is 0.300 e. The lowest BCUT2D eigenvalue weighted by molar-refractivity contribution is -0.115. The third kappa shape index (κ3) is 3.74. The summed E-state index contributed by atoms with van der Waals surface area (Å²) in [6, 6.07) is 13.5. The highest BCUT2D eigenvalue weighted by Gasteiger charge is 2.25. The number of benzene rings is 2. The van der Waals surface area contributed by atoms with Crippen LogP contribution in [0.25, 0.3) is 17.3 Å². The van der Waals surface area contributed by atoms with E-state index in [2.05, 4.69) is 20.5 Å². The molecular weight excluding hydrogens is 392 g/mol. The minimum atomic E-state index is -0.168. The Labute approximate surface area is 171 Å². The summed E-state index contributed by atoms with van der Waals surface area (Å²) in [4.78, 5) is 17.7. The molecule has 1 saturated heterocycles. The molecule has 0 spiro atoms. The first kappa shape index (κ1) is 18.5. The number of carbonyl (C=O) groups is 1. The van der Waals surface area contributed by atoms with Gasteiger partial charge in [0, 0.05) is 16.1 Å². The van der Waals surface area contributed by atoms with Crippen LogP contribution in [0.3, 0.4) is 0 Å². The summed E-state index contributed by atoms with van der Waals surface area (Å²) < 4.78 is 0. The maximum Gasteiger partial charge on any atom is 0.264 e. The number of hydrogen-bond acceptors (Lipinski definition) is 4. The van der Waals surface area contributed by atoms with Crippen molar-refractivity contribution in [2.75, 3.05) is 0 Å². The molecule has 4 rings (SSSR count). The average Bonchev–Trinajstić information content (AvgIpc) is 3.26. The predicted molar refractivity (Wildman–Crippen MR) is 116 cm³/mol. The SMILES string of the molecule is Cc1cccc(C)c1N=C1NC(=O)/C(=C\c2cn[nH]c2-c2ccc(Cl)cc2)S1. The van der Waals surface area contributed by atoms with Crippen LogP contribution in [-0.4, -0.2) is 21.3 Å². The number of aromatic nitrogens is 2. The molecule has 2 N–H and O–H groups in total. The van der Waals surface area contributed by atoms with Crippen molar-refractivity contribution in [1.29, 1.82) is 0 Å². The van der Waals surface area contributed by atoms with Crippen LogP contribution in [0.2, 0.25) is 5.02 Å². The highest BCUT2D eigenvalue weighted by molar-refractivity contribution is 8.18. The molecule has 2 aromatic carbocycles. The van der Waals surface area contributed by atoms with Crippen LogP contribution < -0.4 is 5.32 Å². The Morgan fingerprint density at radius 1 is 1.11 bits per heavy atom. The highest BCUT2D eigenvalue weighted by Crippen LogP contribution is 2.32. The van der Waals surface area contributed by atoms with Crippen LogP contribution >= 0.6 is 23.4 Å². The molecule has 3 aromatic rings. The van der Waals surface area contributed by atoms with Gasteiger partial charge in [-0.05, 0) is 54.9 Å². The van der Waals surface area contributed by atoms with Crippen molar-refractivity contribution >= 4 is 46.2 Å². The number of nitrogens with zero attached hydrogens (tertiary/aromatic N) is 2. The fraction of sp³-hybridized carbons (Fsp3) is 0.0952. The van der Waals surface area contributed by atoms with Gasteiger partial charge in [0.15, 0.2) is 5.17 Å². The van der Waals surface area contributed by atoms with Gasteiger partial charge in [-0.3, -0.25) is 9.89 Å². The number of para-hydroxylation sites is 1. The van der Waals surface area contributed by atoms with E-state index in [9.17, 15) is 4.79 Å². The van der Waals surface area contributed by atoms with Crippen molar-refractivity contribution in [2.45, 2.75) is 13.8 Å². The minimum Gasteiger partial charge on any atom is -0.300 e. The van der Waals surface area contributed by atoms with Gasteiger partial charge in [0.05, 0.1) is 22.5 Å². The standard InChI is InChI=1S/C21H17ClN4OS/c1-12-4-3-5-13(2)18(12)24-21-25-20(27)17(28-21)10-15-11-23-26-19(15)14-6-8-16(22)9-7-14/h3-11H,1-2H3,(H,23,26)(H,24,25,27)/b17-10+. The molecule has 0 aliphatic carbocycles. The van der Waals surface area contributed by atoms with E-state index in [0.717, 1.165) is 33.6 Å². The van der Waals surface area contributed by atoms with Crippen LogP contribution in [0.5, 0.6) is 0 Å². The second-order valence-electron chi connectivity index (χ2n) is 6.43. The molecule has 0 saturated carbocycles. The number of aliphatic imine (C=N–C) groups is 1. The van der Waals surface area contributed by atoms with Crippen molar-refractivity contribution < 1.29 is 4.79 Å². The number of H-pyrrole nitrogens is 1. The summed E-state index contributed by atoms with van der Waals surface area (Å²) in [7, 11) is 0. The van der Waals surface area contributed by atoms with Gasteiger partial charge in [0.2, 0.25) is 0 Å². The quantitative estimate of drug-likeness (QED) is 0.582. The van der Waals surface area contributed by atoms with Crippen molar-refractivity contribution in [3.05, 3.63) is 75.3 Å². The van der Waals surface area contributed by atoms with E-state index < -0.39 is 0 Å². The number of aromatic amines is 1. The summed E-state index contributed by atoms with van der Waals surface area (Å²) in [5.74, 6) is -0.168. The van der Waals surface area contributed by atoms with Gasteiger partial charge in [-0.2, -0.15) is 5.10 Å². The molecule has 1 amide bonds. The molecule has 1 aliphatic heterocycles. The van der Waals surface area contributed by atoms with E-state index in [1.165, 1.54) is 11.8 Å². The number of halogens is 1. The Balaban J connectivity index is 1.64. The van der Waals surface area contributed by atoms with E-state index in [4.69, 9.17) is 11.6 Å². The lowest BCUT2D eigenvalue weighted by Gasteiger charge is -2.04. The summed E-state index contributed by atoms with van der Waals surface area (Å²) in [6.45, 7) is 4.02. The molecule has 1 fully saturated rings. The zero-order chi connectivity index (χ0) is 19.7. The Morgan fingerprint density at radius 2 is 1.82 bits per heavy atom. The molecule has 1 aliphatic rings. The van der Waals surface area contributed by atoms with Crippen LogP contribution in [0.1, 0.15) is 16.7 Å². The molecule has 0 unspecified atom stereocenters. The summed E-state index contributed by atoms with van der Waals surface area (Å²) in [5.41, 5.74) is 5.63. The third-order valence-corrected chi connectivity index (χ3v) is 5.55. The molecule has 0 radical (unpaired) electrons. The molecule has 7 heteroatoms. The van der Waals surface area contributed by atoms with Crippen molar-refractivity contribution in [3.63, 3.8) is 0 Å². The summed E-state index contributed by atoms with van der Waals surface area (Å²) in [6.07, 6.45) is 3.52. The van der Waals surface area contributed by atoms with E-state index >= 15 is 0 Å². The number of thioether (sulfide) groups is 1. The maximum atomic E-state index is 12.4. The Bertz CT molecular complexity index is 1100. The van der Waals surface area contributed by atoms with Gasteiger partial charge in [-0.1, -0.05) is 41.9 Å². The van der Waals surface area contributed by atoms with Gasteiger partial charge in [-0.25, -0.2) is 4.99 Å².